The fourth-order valence-electron chi connectivity index (χ4n) is 1.54. The summed E-state index contributed by atoms with van der Waals surface area (Å²) >= 11 is 6.79. The summed E-state index contributed by atoms with van der Waals surface area (Å²) in [6.07, 6.45) is 0. The topological polar surface area (TPSA) is 69.4 Å². The van der Waals surface area contributed by atoms with Crippen molar-refractivity contribution in [2.45, 2.75) is 0 Å². The number of ether oxygens (including phenoxy) is 1. The molecule has 2 N–H and O–H groups in total. The van der Waals surface area contributed by atoms with Crippen LogP contribution in [0.3, 0.4) is 0 Å². The molecule has 0 fully saturated rings. The molecule has 0 saturated carbocycles. The molecule has 98 valence electrons. The van der Waals surface area contributed by atoms with Gasteiger partial charge < -0.3 is 10.5 Å². The minimum Gasteiger partial charge on any atom is -0.465 e. The Balaban J connectivity index is 2.36. The zero-order valence-electron chi connectivity index (χ0n) is 9.98. The van der Waals surface area contributed by atoms with Gasteiger partial charge in [-0.25, -0.2) is 4.79 Å². The molecule has 6 heteroatoms. The molecule has 1 aromatic carbocycles. The number of nitrogens with two attached hydrogens (primary N) is 1. The zero-order chi connectivity index (χ0) is 14.0. The van der Waals surface area contributed by atoms with E-state index in [1.807, 2.05) is 0 Å². The molecule has 0 aliphatic heterocycles. The predicted molar refractivity (Wildman–Crippen MR) is 75.0 cm³/mol. The first-order valence-corrected chi connectivity index (χ1v) is 6.50. The lowest BCUT2D eigenvalue weighted by atomic mass is 10.1. The number of halogens is 1. The highest BCUT2D eigenvalue weighted by Crippen LogP contribution is 2.28. The molecule has 0 unspecified atom stereocenters. The Labute approximate surface area is 118 Å². The minimum atomic E-state index is -0.508. The van der Waals surface area contributed by atoms with Gasteiger partial charge in [0.15, 0.2) is 5.78 Å². The number of carbonyl (C=O) groups is 2. The third-order valence-electron chi connectivity index (χ3n) is 2.50. The fourth-order valence-corrected chi connectivity index (χ4v) is 2.51. The molecule has 2 rings (SSSR count). The predicted octanol–water partition coefficient (Wildman–Crippen LogP) is 3.00. The number of anilines is 1. The molecule has 0 atom stereocenters. The van der Waals surface area contributed by atoms with Gasteiger partial charge in [-0.2, -0.15) is 0 Å². The SMILES string of the molecule is COC(=O)c1cc(C(=O)c2ccc(Cl)cc2)c(N)s1. The largest absolute Gasteiger partial charge is 0.465 e. The van der Waals surface area contributed by atoms with Crippen molar-refractivity contribution in [2.75, 3.05) is 12.8 Å². The van der Waals surface area contributed by atoms with E-state index in [9.17, 15) is 9.59 Å². The van der Waals surface area contributed by atoms with Crippen LogP contribution in [0.15, 0.2) is 30.3 Å². The summed E-state index contributed by atoms with van der Waals surface area (Å²) < 4.78 is 4.59. The standard InChI is InChI=1S/C13H10ClNO3S/c1-18-13(17)10-6-9(12(15)19-10)11(16)7-2-4-8(14)5-3-7/h2-6H,15H2,1H3. The van der Waals surface area contributed by atoms with E-state index >= 15 is 0 Å². The van der Waals surface area contributed by atoms with Crippen LogP contribution in [0, 0.1) is 0 Å². The van der Waals surface area contributed by atoms with Gasteiger partial charge in [0.25, 0.3) is 0 Å². The maximum atomic E-state index is 12.2. The number of esters is 1. The minimum absolute atomic E-state index is 0.249. The van der Waals surface area contributed by atoms with Crippen LogP contribution in [0.2, 0.25) is 5.02 Å². The summed E-state index contributed by atoms with van der Waals surface area (Å²) in [6, 6.07) is 7.92. The van der Waals surface area contributed by atoms with Crippen molar-refractivity contribution in [3.63, 3.8) is 0 Å². The van der Waals surface area contributed by atoms with Crippen molar-refractivity contribution < 1.29 is 14.3 Å². The number of thiophene rings is 1. The summed E-state index contributed by atoms with van der Waals surface area (Å²) in [6.45, 7) is 0. The van der Waals surface area contributed by atoms with Crippen LogP contribution in [0.5, 0.6) is 0 Å². The van der Waals surface area contributed by atoms with Crippen LogP contribution >= 0.6 is 22.9 Å². The van der Waals surface area contributed by atoms with Crippen molar-refractivity contribution >= 4 is 39.7 Å². The normalized spacial score (nSPS) is 10.2. The molecular weight excluding hydrogens is 286 g/mol. The second-order valence-corrected chi connectivity index (χ2v) is 5.24. The summed E-state index contributed by atoms with van der Waals surface area (Å²) in [4.78, 5) is 23.9. The molecule has 0 radical (unpaired) electrons. The fraction of sp³-hybridized carbons (Fsp3) is 0.0769. The average molecular weight is 296 g/mol. The van der Waals surface area contributed by atoms with E-state index < -0.39 is 5.97 Å². The van der Waals surface area contributed by atoms with Crippen LogP contribution < -0.4 is 5.73 Å². The van der Waals surface area contributed by atoms with Gasteiger partial charge in [0.05, 0.1) is 17.7 Å². The molecule has 19 heavy (non-hydrogen) atoms. The second kappa shape index (κ2) is 5.42. The van der Waals surface area contributed by atoms with Crippen molar-refractivity contribution in [1.29, 1.82) is 0 Å². The molecule has 0 saturated heterocycles. The zero-order valence-corrected chi connectivity index (χ0v) is 11.5. The van der Waals surface area contributed by atoms with Crippen LogP contribution in [0.1, 0.15) is 25.6 Å². The molecule has 0 bridgehead atoms. The molecule has 4 nitrogen and oxygen atoms in total. The van der Waals surface area contributed by atoms with E-state index in [1.165, 1.54) is 13.2 Å². The van der Waals surface area contributed by atoms with Crippen molar-refractivity contribution in [3.05, 3.63) is 51.4 Å². The van der Waals surface area contributed by atoms with Crippen LogP contribution in [-0.4, -0.2) is 18.9 Å². The van der Waals surface area contributed by atoms with Gasteiger partial charge in [0, 0.05) is 10.6 Å². The second-order valence-electron chi connectivity index (χ2n) is 3.72. The van der Waals surface area contributed by atoms with E-state index in [1.54, 1.807) is 24.3 Å². The molecule has 0 aliphatic carbocycles. The number of hydrogen-bond acceptors (Lipinski definition) is 5. The van der Waals surface area contributed by atoms with Gasteiger partial charge in [0.1, 0.15) is 4.88 Å². The van der Waals surface area contributed by atoms with Gasteiger partial charge in [-0.05, 0) is 30.3 Å². The Morgan fingerprint density at radius 3 is 2.47 bits per heavy atom. The van der Waals surface area contributed by atoms with Gasteiger partial charge in [-0.1, -0.05) is 11.6 Å². The molecule has 0 aliphatic rings. The molecule has 0 spiro atoms. The van der Waals surface area contributed by atoms with Gasteiger partial charge in [-0.3, -0.25) is 4.79 Å². The molecular formula is C13H10ClNO3S. The highest BCUT2D eigenvalue weighted by molar-refractivity contribution is 7.18. The van der Waals surface area contributed by atoms with Crippen molar-refractivity contribution in [1.82, 2.24) is 0 Å². The molecule has 0 amide bonds. The van der Waals surface area contributed by atoms with E-state index in [4.69, 9.17) is 17.3 Å². The van der Waals surface area contributed by atoms with E-state index in [-0.39, 0.29) is 5.78 Å². The van der Waals surface area contributed by atoms with Crippen molar-refractivity contribution in [2.24, 2.45) is 0 Å². The number of benzene rings is 1. The third kappa shape index (κ3) is 2.77. The first-order chi connectivity index (χ1) is 9.02. The van der Waals surface area contributed by atoms with Crippen molar-refractivity contribution in [3.8, 4) is 0 Å². The number of carbonyl (C=O) groups excluding carboxylic acids is 2. The number of nitrogen functional groups attached to an aromatic ring is 1. The average Bonchev–Trinajstić information content (AvgIpc) is 2.80. The number of methoxy groups -OCH3 is 1. The van der Waals surface area contributed by atoms with Gasteiger partial charge in [-0.15, -0.1) is 11.3 Å². The monoisotopic (exact) mass is 295 g/mol. The third-order valence-corrected chi connectivity index (χ3v) is 3.69. The van der Waals surface area contributed by atoms with Gasteiger partial charge >= 0.3 is 5.97 Å². The maximum Gasteiger partial charge on any atom is 0.348 e. The van der Waals surface area contributed by atoms with E-state index in [0.717, 1.165) is 11.3 Å². The Hall–Kier alpha value is -1.85. The number of rotatable bonds is 3. The van der Waals surface area contributed by atoms with Crippen LogP contribution in [0.4, 0.5) is 5.00 Å². The Bertz CT molecular complexity index is 634. The number of ketones is 1. The first kappa shape index (κ1) is 13.6. The molecule has 1 heterocycles. The lowest BCUT2D eigenvalue weighted by Crippen LogP contribution is -2.02. The highest BCUT2D eigenvalue weighted by Gasteiger charge is 2.19. The van der Waals surface area contributed by atoms with E-state index in [0.29, 0.717) is 26.0 Å². The number of hydrogen-bond donors (Lipinski definition) is 1. The quantitative estimate of drug-likeness (QED) is 0.698. The van der Waals surface area contributed by atoms with Crippen LogP contribution in [-0.2, 0) is 4.74 Å². The lowest BCUT2D eigenvalue weighted by Gasteiger charge is -1.99. The summed E-state index contributed by atoms with van der Waals surface area (Å²) in [5.41, 5.74) is 6.53. The highest BCUT2D eigenvalue weighted by atomic mass is 35.5. The Kier molecular flexibility index (Phi) is 3.87. The summed E-state index contributed by atoms with van der Waals surface area (Å²) in [5, 5.41) is 0.838. The smallest absolute Gasteiger partial charge is 0.348 e. The Morgan fingerprint density at radius 1 is 1.26 bits per heavy atom. The summed E-state index contributed by atoms with van der Waals surface area (Å²) in [5.74, 6) is -0.757. The van der Waals surface area contributed by atoms with Gasteiger partial charge in [0.2, 0.25) is 0 Å². The molecule has 2 aromatic rings. The molecule has 1 aromatic heterocycles. The summed E-state index contributed by atoms with van der Waals surface area (Å²) in [7, 11) is 1.28. The lowest BCUT2D eigenvalue weighted by molar-refractivity contribution is 0.0606. The first-order valence-electron chi connectivity index (χ1n) is 5.31. The Morgan fingerprint density at radius 2 is 1.89 bits per heavy atom. The van der Waals surface area contributed by atoms with E-state index in [2.05, 4.69) is 4.74 Å². The van der Waals surface area contributed by atoms with Crippen LogP contribution in [0.25, 0.3) is 0 Å². The maximum absolute atomic E-state index is 12.2.